The summed E-state index contributed by atoms with van der Waals surface area (Å²) in [6, 6.07) is 7.49. The molecule has 6 nitrogen and oxygen atoms in total. The fourth-order valence-electron chi connectivity index (χ4n) is 2.23. The number of benzene rings is 1. The molecule has 1 aromatic carbocycles. The first-order valence-corrected chi connectivity index (χ1v) is 11.9. The second kappa shape index (κ2) is 8.13. The number of aromatic nitrogens is 2. The second-order valence-electron chi connectivity index (χ2n) is 7.14. The van der Waals surface area contributed by atoms with Gasteiger partial charge in [0.25, 0.3) is 0 Å². The molecule has 27 heavy (non-hydrogen) atoms. The number of ether oxygens (including phenoxy) is 2. The zero-order chi connectivity index (χ0) is 20.2. The quantitative estimate of drug-likeness (QED) is 0.521. The van der Waals surface area contributed by atoms with Gasteiger partial charge < -0.3 is 14.6 Å². The van der Waals surface area contributed by atoms with E-state index in [-0.39, 0.29) is 12.4 Å². The van der Waals surface area contributed by atoms with Crippen LogP contribution in [0.15, 0.2) is 30.3 Å². The minimum Gasteiger partial charge on any atom is -0.476 e. The molecular weight excluding hydrogens is 381 g/mol. The first kappa shape index (κ1) is 21.0. The molecule has 2 rings (SSSR count). The molecule has 0 fully saturated rings. The molecule has 0 saturated heterocycles. The van der Waals surface area contributed by atoms with E-state index in [4.69, 9.17) is 4.74 Å². The van der Waals surface area contributed by atoms with Gasteiger partial charge in [0, 0.05) is 20.2 Å². The van der Waals surface area contributed by atoms with Crippen LogP contribution < -0.4 is 4.74 Å². The summed E-state index contributed by atoms with van der Waals surface area (Å²) in [7, 11) is -1.29. The summed E-state index contributed by atoms with van der Waals surface area (Å²) in [6.07, 6.45) is -4.81. The number of carboxylic acid groups (broad SMARTS) is 1. The standard InChI is InChI=1S/C17H21F3N2O4Si/c1-27(2,3)8-7-25-11-22-15(10-14(21-22)16(23)24)12-5-4-6-13(9-12)26-17(18,19)20/h4-6,9-10H,7-8,11H2,1-3H3,(H,23,24). The number of aromatic carboxylic acids is 1. The molecule has 0 bridgehead atoms. The number of hydrogen-bond donors (Lipinski definition) is 1. The molecule has 0 aliphatic rings. The van der Waals surface area contributed by atoms with E-state index in [1.165, 1.54) is 28.9 Å². The van der Waals surface area contributed by atoms with E-state index in [1.54, 1.807) is 6.07 Å². The lowest BCUT2D eigenvalue weighted by Crippen LogP contribution is -2.22. The third kappa shape index (κ3) is 6.72. The number of nitrogens with zero attached hydrogens (tertiary/aromatic N) is 2. The third-order valence-electron chi connectivity index (χ3n) is 3.57. The van der Waals surface area contributed by atoms with Gasteiger partial charge in [0.1, 0.15) is 12.5 Å². The fraction of sp³-hybridized carbons (Fsp3) is 0.412. The number of carboxylic acids is 1. The minimum absolute atomic E-state index is 0.00253. The maximum atomic E-state index is 12.4. The van der Waals surface area contributed by atoms with Gasteiger partial charge in [-0.05, 0) is 24.2 Å². The summed E-state index contributed by atoms with van der Waals surface area (Å²) in [5.74, 6) is -1.64. The van der Waals surface area contributed by atoms with E-state index in [1.807, 2.05) is 0 Å². The maximum Gasteiger partial charge on any atom is 0.573 e. The van der Waals surface area contributed by atoms with E-state index in [0.717, 1.165) is 6.04 Å². The highest BCUT2D eigenvalue weighted by molar-refractivity contribution is 6.76. The van der Waals surface area contributed by atoms with Crippen LogP contribution in [-0.4, -0.2) is 41.9 Å². The van der Waals surface area contributed by atoms with Crippen molar-refractivity contribution in [3.63, 3.8) is 0 Å². The Balaban J connectivity index is 2.24. The van der Waals surface area contributed by atoms with Crippen molar-refractivity contribution in [3.05, 3.63) is 36.0 Å². The molecule has 0 spiro atoms. The Morgan fingerprint density at radius 1 is 1.26 bits per heavy atom. The maximum absolute atomic E-state index is 12.4. The molecule has 10 heteroatoms. The lowest BCUT2D eigenvalue weighted by Gasteiger charge is -2.16. The van der Waals surface area contributed by atoms with Crippen LogP contribution in [0.5, 0.6) is 5.75 Å². The van der Waals surface area contributed by atoms with E-state index < -0.39 is 26.2 Å². The number of carbonyl (C=O) groups is 1. The Labute approximate surface area is 155 Å². The van der Waals surface area contributed by atoms with E-state index >= 15 is 0 Å². The van der Waals surface area contributed by atoms with Crippen molar-refractivity contribution in [3.8, 4) is 17.0 Å². The average Bonchev–Trinajstić information content (AvgIpc) is 2.94. The summed E-state index contributed by atoms with van der Waals surface area (Å²) < 4.78 is 48.1. The zero-order valence-corrected chi connectivity index (χ0v) is 16.2. The first-order valence-electron chi connectivity index (χ1n) is 8.20. The molecule has 2 aromatic rings. The molecule has 0 radical (unpaired) electrons. The van der Waals surface area contributed by atoms with Crippen LogP contribution in [0.4, 0.5) is 13.2 Å². The van der Waals surface area contributed by atoms with Gasteiger partial charge in [-0.3, -0.25) is 0 Å². The summed E-state index contributed by atoms with van der Waals surface area (Å²) in [6.45, 7) is 7.09. The summed E-state index contributed by atoms with van der Waals surface area (Å²) in [5.41, 5.74) is 0.444. The predicted molar refractivity (Wildman–Crippen MR) is 95.4 cm³/mol. The van der Waals surface area contributed by atoms with Gasteiger partial charge in [-0.2, -0.15) is 5.10 Å². The number of rotatable bonds is 8. The highest BCUT2D eigenvalue weighted by Crippen LogP contribution is 2.28. The van der Waals surface area contributed by atoms with Crippen LogP contribution in [0.3, 0.4) is 0 Å². The van der Waals surface area contributed by atoms with Gasteiger partial charge in [0.2, 0.25) is 0 Å². The van der Waals surface area contributed by atoms with Crippen LogP contribution >= 0.6 is 0 Å². The van der Waals surface area contributed by atoms with Gasteiger partial charge in [-0.15, -0.1) is 13.2 Å². The Hall–Kier alpha value is -2.33. The SMILES string of the molecule is C[Si](C)(C)CCOCn1nc(C(=O)O)cc1-c1cccc(OC(F)(F)F)c1. The van der Waals surface area contributed by atoms with Gasteiger partial charge in [-0.25, -0.2) is 9.48 Å². The molecule has 0 saturated carbocycles. The van der Waals surface area contributed by atoms with Gasteiger partial charge in [0.05, 0.1) is 5.69 Å². The van der Waals surface area contributed by atoms with Crippen LogP contribution in [0, 0.1) is 0 Å². The fourth-order valence-corrected chi connectivity index (χ4v) is 2.99. The number of alkyl halides is 3. The van der Waals surface area contributed by atoms with Crippen molar-refractivity contribution in [1.29, 1.82) is 0 Å². The van der Waals surface area contributed by atoms with Gasteiger partial charge in [0.15, 0.2) is 5.69 Å². The Morgan fingerprint density at radius 2 is 1.96 bits per heavy atom. The minimum atomic E-state index is -4.81. The molecule has 0 amide bonds. The van der Waals surface area contributed by atoms with Crippen molar-refractivity contribution in [1.82, 2.24) is 9.78 Å². The lowest BCUT2D eigenvalue weighted by atomic mass is 10.1. The van der Waals surface area contributed by atoms with Crippen LogP contribution in [0.2, 0.25) is 25.7 Å². The Morgan fingerprint density at radius 3 is 2.56 bits per heavy atom. The lowest BCUT2D eigenvalue weighted by molar-refractivity contribution is -0.274. The normalized spacial score (nSPS) is 12.2. The van der Waals surface area contributed by atoms with Crippen LogP contribution in [0.25, 0.3) is 11.3 Å². The Bertz CT molecular complexity index is 800. The van der Waals surface area contributed by atoms with Gasteiger partial charge >= 0.3 is 12.3 Å². The highest BCUT2D eigenvalue weighted by atomic mass is 28.3. The smallest absolute Gasteiger partial charge is 0.476 e. The van der Waals surface area contributed by atoms with Crippen molar-refractivity contribution in [2.45, 2.75) is 38.8 Å². The molecule has 1 aromatic heterocycles. The summed E-state index contributed by atoms with van der Waals surface area (Å²) in [4.78, 5) is 11.2. The summed E-state index contributed by atoms with van der Waals surface area (Å²) in [5, 5.41) is 13.1. The molecular formula is C17H21F3N2O4Si. The van der Waals surface area contributed by atoms with Crippen molar-refractivity contribution in [2.24, 2.45) is 0 Å². The van der Waals surface area contributed by atoms with Crippen molar-refractivity contribution < 1.29 is 32.5 Å². The van der Waals surface area contributed by atoms with E-state index in [9.17, 15) is 23.1 Å². The van der Waals surface area contributed by atoms with E-state index in [2.05, 4.69) is 29.5 Å². The molecule has 0 unspecified atom stereocenters. The van der Waals surface area contributed by atoms with Crippen LogP contribution in [-0.2, 0) is 11.5 Å². The number of hydrogen-bond acceptors (Lipinski definition) is 4. The van der Waals surface area contributed by atoms with Gasteiger partial charge in [-0.1, -0.05) is 31.8 Å². The molecule has 148 valence electrons. The average molecular weight is 402 g/mol. The monoisotopic (exact) mass is 402 g/mol. The first-order chi connectivity index (χ1) is 12.4. The summed E-state index contributed by atoms with van der Waals surface area (Å²) >= 11 is 0. The zero-order valence-electron chi connectivity index (χ0n) is 15.2. The van der Waals surface area contributed by atoms with Crippen molar-refractivity contribution >= 4 is 14.0 Å². The molecule has 1 N–H and O–H groups in total. The largest absolute Gasteiger partial charge is 0.573 e. The molecule has 0 atom stereocenters. The molecule has 0 aliphatic carbocycles. The van der Waals surface area contributed by atoms with Crippen molar-refractivity contribution in [2.75, 3.05) is 6.61 Å². The predicted octanol–water partition coefficient (Wildman–Crippen LogP) is 4.46. The Kier molecular flexibility index (Phi) is 6.32. The van der Waals surface area contributed by atoms with Crippen LogP contribution in [0.1, 0.15) is 10.5 Å². The second-order valence-corrected chi connectivity index (χ2v) is 12.8. The number of halogens is 3. The topological polar surface area (TPSA) is 73.6 Å². The molecule has 0 aliphatic heterocycles. The highest BCUT2D eigenvalue weighted by Gasteiger charge is 2.31. The van der Waals surface area contributed by atoms with E-state index in [0.29, 0.717) is 17.9 Å². The third-order valence-corrected chi connectivity index (χ3v) is 5.28. The molecule has 1 heterocycles.